The fourth-order valence-electron chi connectivity index (χ4n) is 3.55. The number of benzene rings is 2. The Kier molecular flexibility index (Phi) is 6.21. The molecule has 2 aromatic carbocycles. The van der Waals surface area contributed by atoms with Gasteiger partial charge in [-0.05, 0) is 30.2 Å². The SMILES string of the molecule is Cc1ccc(F)c(NC(=O)c2coc(CN3CCN(Cc4ccccc4)CC3)n2)c1. The minimum atomic E-state index is -0.484. The maximum absolute atomic E-state index is 13.9. The highest BCUT2D eigenvalue weighted by Gasteiger charge is 2.20. The molecule has 2 heterocycles. The summed E-state index contributed by atoms with van der Waals surface area (Å²) in [5, 5.41) is 2.56. The molecule has 0 unspecified atom stereocenters. The van der Waals surface area contributed by atoms with Gasteiger partial charge in [0.05, 0.1) is 12.2 Å². The van der Waals surface area contributed by atoms with Gasteiger partial charge in [0.2, 0.25) is 5.89 Å². The Morgan fingerprint density at radius 2 is 1.77 bits per heavy atom. The summed E-state index contributed by atoms with van der Waals surface area (Å²) in [4.78, 5) is 21.3. The number of halogens is 1. The largest absolute Gasteiger partial charge is 0.447 e. The van der Waals surface area contributed by atoms with Gasteiger partial charge in [-0.3, -0.25) is 14.6 Å². The average Bonchev–Trinajstić information content (AvgIpc) is 3.22. The highest BCUT2D eigenvalue weighted by Crippen LogP contribution is 2.17. The molecule has 1 amide bonds. The van der Waals surface area contributed by atoms with E-state index in [1.54, 1.807) is 12.1 Å². The summed E-state index contributed by atoms with van der Waals surface area (Å²) in [6.45, 7) is 7.09. The molecular weight excluding hydrogens is 383 g/mol. The average molecular weight is 408 g/mol. The quantitative estimate of drug-likeness (QED) is 0.674. The molecule has 1 fully saturated rings. The molecule has 0 saturated carbocycles. The van der Waals surface area contributed by atoms with Crippen LogP contribution in [0.2, 0.25) is 0 Å². The van der Waals surface area contributed by atoms with Crippen molar-refractivity contribution < 1.29 is 13.6 Å². The molecule has 1 N–H and O–H groups in total. The highest BCUT2D eigenvalue weighted by atomic mass is 19.1. The van der Waals surface area contributed by atoms with Crippen LogP contribution in [-0.2, 0) is 13.1 Å². The van der Waals surface area contributed by atoms with Crippen LogP contribution in [0.1, 0.15) is 27.5 Å². The smallest absolute Gasteiger partial charge is 0.277 e. The van der Waals surface area contributed by atoms with E-state index in [0.717, 1.165) is 38.3 Å². The number of rotatable bonds is 6. The van der Waals surface area contributed by atoms with Crippen molar-refractivity contribution in [3.05, 3.63) is 83.3 Å². The van der Waals surface area contributed by atoms with Gasteiger partial charge in [-0.15, -0.1) is 0 Å². The van der Waals surface area contributed by atoms with E-state index < -0.39 is 11.7 Å². The topological polar surface area (TPSA) is 61.6 Å². The molecule has 1 saturated heterocycles. The van der Waals surface area contributed by atoms with Gasteiger partial charge in [-0.1, -0.05) is 36.4 Å². The number of amides is 1. The van der Waals surface area contributed by atoms with Crippen molar-refractivity contribution in [2.75, 3.05) is 31.5 Å². The Hall–Kier alpha value is -3.03. The lowest BCUT2D eigenvalue weighted by Crippen LogP contribution is -2.45. The third-order valence-corrected chi connectivity index (χ3v) is 5.23. The molecule has 4 rings (SSSR count). The van der Waals surface area contributed by atoms with Crippen LogP contribution in [0.4, 0.5) is 10.1 Å². The van der Waals surface area contributed by atoms with E-state index in [1.807, 2.05) is 13.0 Å². The first-order chi connectivity index (χ1) is 14.6. The molecule has 156 valence electrons. The summed E-state index contributed by atoms with van der Waals surface area (Å²) in [6.07, 6.45) is 1.32. The summed E-state index contributed by atoms with van der Waals surface area (Å²) < 4.78 is 19.3. The molecule has 0 radical (unpaired) electrons. The zero-order valence-corrected chi connectivity index (χ0v) is 17.0. The molecule has 0 spiro atoms. The van der Waals surface area contributed by atoms with Gasteiger partial charge in [0.15, 0.2) is 5.69 Å². The fraction of sp³-hybridized carbons (Fsp3) is 0.304. The van der Waals surface area contributed by atoms with Crippen LogP contribution in [0, 0.1) is 12.7 Å². The first kappa shape index (κ1) is 20.3. The number of aromatic nitrogens is 1. The van der Waals surface area contributed by atoms with E-state index in [9.17, 15) is 9.18 Å². The van der Waals surface area contributed by atoms with Gasteiger partial charge in [0.1, 0.15) is 12.1 Å². The van der Waals surface area contributed by atoms with E-state index >= 15 is 0 Å². The number of carbonyl (C=O) groups excluding carboxylic acids is 1. The van der Waals surface area contributed by atoms with Crippen LogP contribution in [-0.4, -0.2) is 46.9 Å². The van der Waals surface area contributed by atoms with Crippen LogP contribution in [0.3, 0.4) is 0 Å². The molecule has 3 aromatic rings. The lowest BCUT2D eigenvalue weighted by Gasteiger charge is -2.34. The second-order valence-corrected chi connectivity index (χ2v) is 7.60. The maximum atomic E-state index is 13.9. The summed E-state index contributed by atoms with van der Waals surface area (Å²) in [7, 11) is 0. The van der Waals surface area contributed by atoms with Gasteiger partial charge in [0, 0.05) is 32.7 Å². The Balaban J connectivity index is 1.28. The highest BCUT2D eigenvalue weighted by molar-refractivity contribution is 6.02. The minimum absolute atomic E-state index is 0.138. The maximum Gasteiger partial charge on any atom is 0.277 e. The first-order valence-corrected chi connectivity index (χ1v) is 10.1. The Morgan fingerprint density at radius 1 is 1.07 bits per heavy atom. The molecule has 0 bridgehead atoms. The minimum Gasteiger partial charge on any atom is -0.447 e. The summed E-state index contributed by atoms with van der Waals surface area (Å²) >= 11 is 0. The number of hydrogen-bond donors (Lipinski definition) is 1. The van der Waals surface area contributed by atoms with Crippen LogP contribution in [0.15, 0.2) is 59.2 Å². The fourth-order valence-corrected chi connectivity index (χ4v) is 3.55. The van der Waals surface area contributed by atoms with E-state index in [1.165, 1.54) is 17.9 Å². The molecule has 1 aliphatic rings. The van der Waals surface area contributed by atoms with E-state index in [0.29, 0.717) is 12.4 Å². The number of carbonyl (C=O) groups is 1. The molecule has 0 atom stereocenters. The Morgan fingerprint density at radius 3 is 2.50 bits per heavy atom. The monoisotopic (exact) mass is 408 g/mol. The second kappa shape index (κ2) is 9.19. The van der Waals surface area contributed by atoms with Crippen LogP contribution in [0.5, 0.6) is 0 Å². The number of nitrogens with zero attached hydrogens (tertiary/aromatic N) is 3. The summed E-state index contributed by atoms with van der Waals surface area (Å²) in [5.74, 6) is -0.477. The van der Waals surface area contributed by atoms with Crippen molar-refractivity contribution in [1.29, 1.82) is 0 Å². The third kappa shape index (κ3) is 5.11. The molecule has 6 nitrogen and oxygen atoms in total. The van der Waals surface area contributed by atoms with Crippen molar-refractivity contribution >= 4 is 11.6 Å². The predicted octanol–water partition coefficient (Wildman–Crippen LogP) is 3.69. The number of oxazole rings is 1. The van der Waals surface area contributed by atoms with Crippen molar-refractivity contribution in [3.63, 3.8) is 0 Å². The molecular formula is C23H25FN4O2. The van der Waals surface area contributed by atoms with Crippen molar-refractivity contribution in [2.45, 2.75) is 20.0 Å². The van der Waals surface area contributed by atoms with Gasteiger partial charge in [0.25, 0.3) is 5.91 Å². The second-order valence-electron chi connectivity index (χ2n) is 7.60. The van der Waals surface area contributed by atoms with E-state index in [-0.39, 0.29) is 11.4 Å². The molecule has 30 heavy (non-hydrogen) atoms. The Bertz CT molecular complexity index is 997. The van der Waals surface area contributed by atoms with Crippen molar-refractivity contribution in [2.24, 2.45) is 0 Å². The molecule has 7 heteroatoms. The standard InChI is InChI=1S/C23H25FN4O2/c1-17-7-8-19(24)20(13-17)26-23(29)21-16-30-22(25-21)15-28-11-9-27(10-12-28)14-18-5-3-2-4-6-18/h2-8,13,16H,9-12,14-15H2,1H3,(H,26,29). The lowest BCUT2D eigenvalue weighted by molar-refractivity contribution is 0.102. The zero-order chi connectivity index (χ0) is 20.9. The third-order valence-electron chi connectivity index (χ3n) is 5.23. The van der Waals surface area contributed by atoms with Crippen LogP contribution in [0.25, 0.3) is 0 Å². The van der Waals surface area contributed by atoms with Gasteiger partial charge in [-0.25, -0.2) is 9.37 Å². The van der Waals surface area contributed by atoms with Crippen LogP contribution >= 0.6 is 0 Å². The number of aryl methyl sites for hydroxylation is 1. The number of hydrogen-bond acceptors (Lipinski definition) is 5. The zero-order valence-electron chi connectivity index (χ0n) is 17.0. The van der Waals surface area contributed by atoms with E-state index in [4.69, 9.17) is 4.42 Å². The van der Waals surface area contributed by atoms with Gasteiger partial charge in [-0.2, -0.15) is 0 Å². The molecule has 0 aliphatic carbocycles. The van der Waals surface area contributed by atoms with Gasteiger partial charge >= 0.3 is 0 Å². The van der Waals surface area contributed by atoms with Crippen LogP contribution < -0.4 is 5.32 Å². The normalized spacial score (nSPS) is 15.3. The van der Waals surface area contributed by atoms with Crippen molar-refractivity contribution in [3.8, 4) is 0 Å². The number of piperazine rings is 1. The summed E-state index contributed by atoms with van der Waals surface area (Å²) in [5.41, 5.74) is 2.46. The van der Waals surface area contributed by atoms with Gasteiger partial charge < -0.3 is 9.73 Å². The number of nitrogens with one attached hydrogen (secondary N) is 1. The first-order valence-electron chi connectivity index (χ1n) is 10.1. The molecule has 1 aliphatic heterocycles. The molecule has 1 aromatic heterocycles. The summed E-state index contributed by atoms with van der Waals surface area (Å²) in [6, 6.07) is 15.0. The van der Waals surface area contributed by atoms with Crippen molar-refractivity contribution in [1.82, 2.24) is 14.8 Å². The Labute approximate surface area is 175 Å². The lowest BCUT2D eigenvalue weighted by atomic mass is 10.2. The predicted molar refractivity (Wildman–Crippen MR) is 113 cm³/mol. The number of anilines is 1. The van der Waals surface area contributed by atoms with E-state index in [2.05, 4.69) is 44.4 Å².